The molecule has 12 heteroatoms. The monoisotopic (exact) mass is 550 g/mol. The topological polar surface area (TPSA) is 77.6 Å². The van der Waals surface area contributed by atoms with Crippen molar-refractivity contribution >= 4 is 45.8 Å². The van der Waals surface area contributed by atoms with E-state index >= 15 is 0 Å². The number of halogens is 5. The number of hydrogen-bond donors (Lipinski definition) is 1. The molecule has 1 saturated carbocycles. The second-order valence-electron chi connectivity index (χ2n) is 9.31. The summed E-state index contributed by atoms with van der Waals surface area (Å²) in [7, 11) is 0. The van der Waals surface area contributed by atoms with Crippen molar-refractivity contribution < 1.29 is 18.0 Å². The Hall–Kier alpha value is -3.11. The molecule has 4 aromatic rings. The van der Waals surface area contributed by atoms with Gasteiger partial charge in [-0.2, -0.15) is 23.4 Å². The first-order chi connectivity index (χ1) is 17.4. The van der Waals surface area contributed by atoms with Crippen LogP contribution >= 0.6 is 23.2 Å². The lowest BCUT2D eigenvalue weighted by Crippen LogP contribution is -2.21. The van der Waals surface area contributed by atoms with Gasteiger partial charge in [-0.3, -0.25) is 9.48 Å². The minimum Gasteiger partial charge on any atom is -0.321 e. The van der Waals surface area contributed by atoms with Crippen molar-refractivity contribution in [3.63, 3.8) is 0 Å². The Morgan fingerprint density at radius 1 is 1.05 bits per heavy atom. The lowest BCUT2D eigenvalue weighted by Gasteiger charge is -2.11. The summed E-state index contributed by atoms with van der Waals surface area (Å²) >= 11 is 12.1. The van der Waals surface area contributed by atoms with E-state index in [4.69, 9.17) is 23.2 Å². The summed E-state index contributed by atoms with van der Waals surface area (Å²) < 4.78 is 44.5. The largest absolute Gasteiger partial charge is 0.417 e. The third kappa shape index (κ3) is 5.04. The molecule has 0 aliphatic heterocycles. The Morgan fingerprint density at radius 3 is 2.41 bits per heavy atom. The zero-order chi connectivity index (χ0) is 26.6. The summed E-state index contributed by atoms with van der Waals surface area (Å²) in [4.78, 5) is 17.5. The number of anilines is 1. The predicted octanol–water partition coefficient (Wildman–Crippen LogP) is 6.44. The minimum absolute atomic E-state index is 0.00893. The molecule has 1 amide bonds. The molecule has 0 saturated heterocycles. The van der Waals surface area contributed by atoms with E-state index in [2.05, 4.69) is 20.5 Å². The van der Waals surface area contributed by atoms with E-state index in [-0.39, 0.29) is 29.2 Å². The highest BCUT2D eigenvalue weighted by atomic mass is 35.5. The van der Waals surface area contributed by atoms with Crippen LogP contribution in [0.15, 0.2) is 24.3 Å². The number of rotatable bonds is 6. The van der Waals surface area contributed by atoms with Gasteiger partial charge in [-0.1, -0.05) is 29.3 Å². The van der Waals surface area contributed by atoms with Crippen molar-refractivity contribution in [2.45, 2.75) is 58.8 Å². The SMILES string of the molecule is Cc1nn(Cc2ccc(Cl)c(Cl)c2)c(C)c1NC(=O)Cn1nc(C)c2c(C(F)(F)F)cc(C3CC3)nc21. The van der Waals surface area contributed by atoms with Crippen LogP contribution in [0.25, 0.3) is 11.0 Å². The molecule has 194 valence electrons. The number of alkyl halides is 3. The van der Waals surface area contributed by atoms with Crippen LogP contribution < -0.4 is 5.32 Å². The van der Waals surface area contributed by atoms with Crippen molar-refractivity contribution in [1.82, 2.24) is 24.5 Å². The molecule has 0 unspecified atom stereocenters. The van der Waals surface area contributed by atoms with Crippen molar-refractivity contribution in [1.29, 1.82) is 0 Å². The molecule has 7 nitrogen and oxygen atoms in total. The molecule has 1 aromatic carbocycles. The lowest BCUT2D eigenvalue weighted by molar-refractivity contribution is -0.136. The minimum atomic E-state index is -4.55. The Bertz CT molecular complexity index is 1540. The molecule has 0 spiro atoms. The summed E-state index contributed by atoms with van der Waals surface area (Å²) in [6, 6.07) is 6.42. The molecule has 1 aliphatic rings. The van der Waals surface area contributed by atoms with Gasteiger partial charge in [0, 0.05) is 11.6 Å². The van der Waals surface area contributed by atoms with Gasteiger partial charge in [-0.15, -0.1) is 0 Å². The summed E-state index contributed by atoms with van der Waals surface area (Å²) in [6.07, 6.45) is -2.95. The first-order valence-electron chi connectivity index (χ1n) is 11.7. The average molecular weight is 551 g/mol. The molecule has 3 aromatic heterocycles. The summed E-state index contributed by atoms with van der Waals surface area (Å²) in [5, 5.41) is 12.4. The molecule has 5 rings (SSSR count). The number of pyridine rings is 1. The fourth-order valence-corrected chi connectivity index (χ4v) is 4.77. The zero-order valence-electron chi connectivity index (χ0n) is 20.2. The van der Waals surface area contributed by atoms with Crippen LogP contribution in [0.5, 0.6) is 0 Å². The molecular formula is C25H23Cl2F3N6O. The van der Waals surface area contributed by atoms with Gasteiger partial charge in [0.2, 0.25) is 5.91 Å². The first kappa shape index (κ1) is 25.5. The van der Waals surface area contributed by atoms with Crippen molar-refractivity contribution in [3.05, 3.63) is 68.2 Å². The van der Waals surface area contributed by atoms with Crippen LogP contribution in [-0.2, 0) is 24.1 Å². The molecular weight excluding hydrogens is 528 g/mol. The van der Waals surface area contributed by atoms with E-state index in [0.717, 1.165) is 24.5 Å². The van der Waals surface area contributed by atoms with E-state index < -0.39 is 17.6 Å². The highest BCUT2D eigenvalue weighted by Crippen LogP contribution is 2.43. The first-order valence-corrected chi connectivity index (χ1v) is 12.4. The zero-order valence-corrected chi connectivity index (χ0v) is 21.8. The Morgan fingerprint density at radius 2 is 1.76 bits per heavy atom. The third-order valence-corrected chi connectivity index (χ3v) is 7.19. The van der Waals surface area contributed by atoms with Crippen LogP contribution in [-0.4, -0.2) is 30.5 Å². The molecule has 1 aliphatic carbocycles. The molecule has 37 heavy (non-hydrogen) atoms. The lowest BCUT2D eigenvalue weighted by atomic mass is 10.1. The molecule has 0 atom stereocenters. The molecule has 0 bridgehead atoms. The number of carbonyl (C=O) groups excluding carboxylic acids is 1. The average Bonchev–Trinajstić information content (AvgIpc) is 3.58. The number of nitrogens with zero attached hydrogens (tertiary/aromatic N) is 5. The van der Waals surface area contributed by atoms with Gasteiger partial charge in [0.1, 0.15) is 6.54 Å². The van der Waals surface area contributed by atoms with E-state index in [1.165, 1.54) is 11.6 Å². The molecule has 0 radical (unpaired) electrons. The highest BCUT2D eigenvalue weighted by Gasteiger charge is 2.37. The van der Waals surface area contributed by atoms with Crippen LogP contribution in [0.2, 0.25) is 10.0 Å². The molecule has 1 N–H and O–H groups in total. The number of aromatic nitrogens is 5. The van der Waals surface area contributed by atoms with Crippen LogP contribution in [0, 0.1) is 20.8 Å². The van der Waals surface area contributed by atoms with Crippen LogP contribution in [0.3, 0.4) is 0 Å². The second-order valence-corrected chi connectivity index (χ2v) is 10.1. The van der Waals surface area contributed by atoms with E-state index in [1.54, 1.807) is 23.7 Å². The number of fused-ring (bicyclic) bond motifs is 1. The number of aryl methyl sites for hydroxylation is 2. The van der Waals surface area contributed by atoms with Crippen molar-refractivity contribution in [3.8, 4) is 0 Å². The smallest absolute Gasteiger partial charge is 0.321 e. The van der Waals surface area contributed by atoms with E-state index in [0.29, 0.717) is 39.4 Å². The number of benzene rings is 1. The summed E-state index contributed by atoms with van der Waals surface area (Å²) in [5.74, 6) is -0.438. The number of hydrogen-bond acceptors (Lipinski definition) is 4. The highest BCUT2D eigenvalue weighted by molar-refractivity contribution is 6.42. The number of amides is 1. The van der Waals surface area contributed by atoms with Gasteiger partial charge in [-0.05, 0) is 57.4 Å². The Labute approximate surface area is 220 Å². The number of nitrogens with one attached hydrogen (secondary N) is 1. The van der Waals surface area contributed by atoms with Crippen LogP contribution in [0.1, 0.15) is 52.7 Å². The maximum Gasteiger partial charge on any atom is 0.417 e. The van der Waals surface area contributed by atoms with Gasteiger partial charge in [-0.25, -0.2) is 9.67 Å². The fraction of sp³-hybridized carbons (Fsp3) is 0.360. The molecule has 1 fully saturated rings. The standard InChI is InChI=1S/C25H23Cl2F3N6O/c1-12-22-17(25(28,29)30)9-20(16-5-6-16)31-24(22)36(33-12)11-21(37)32-23-13(2)34-35(14(23)3)10-15-4-7-18(26)19(27)8-15/h4,7-9,16H,5-6,10-11H2,1-3H3,(H,32,37). The van der Waals surface area contributed by atoms with Gasteiger partial charge in [0.25, 0.3) is 0 Å². The summed E-state index contributed by atoms with van der Waals surface area (Å²) in [5.41, 5.74) is 2.58. The van der Waals surface area contributed by atoms with Gasteiger partial charge >= 0.3 is 6.18 Å². The van der Waals surface area contributed by atoms with Gasteiger partial charge in [0.15, 0.2) is 5.65 Å². The van der Waals surface area contributed by atoms with E-state index in [1.807, 2.05) is 13.0 Å². The van der Waals surface area contributed by atoms with Crippen molar-refractivity contribution in [2.24, 2.45) is 0 Å². The van der Waals surface area contributed by atoms with E-state index in [9.17, 15) is 18.0 Å². The van der Waals surface area contributed by atoms with Crippen LogP contribution in [0.4, 0.5) is 18.9 Å². The fourth-order valence-electron chi connectivity index (χ4n) is 4.45. The Kier molecular flexibility index (Phi) is 6.44. The van der Waals surface area contributed by atoms with Gasteiger partial charge in [0.05, 0.1) is 50.3 Å². The van der Waals surface area contributed by atoms with Crippen molar-refractivity contribution in [2.75, 3.05) is 5.32 Å². The quantitative estimate of drug-likeness (QED) is 0.299. The predicted molar refractivity (Wildman–Crippen MR) is 135 cm³/mol. The Balaban J connectivity index is 1.41. The maximum atomic E-state index is 13.8. The second kappa shape index (κ2) is 9.33. The number of carbonyl (C=O) groups is 1. The molecule has 3 heterocycles. The summed E-state index contributed by atoms with van der Waals surface area (Å²) in [6.45, 7) is 5.20. The third-order valence-electron chi connectivity index (χ3n) is 6.45. The normalized spacial score (nSPS) is 13.9. The maximum absolute atomic E-state index is 13.8. The van der Waals surface area contributed by atoms with Gasteiger partial charge < -0.3 is 5.32 Å².